The van der Waals surface area contributed by atoms with Gasteiger partial charge in [0.05, 0.1) is 5.69 Å². The van der Waals surface area contributed by atoms with Gasteiger partial charge in [0, 0.05) is 43.8 Å². The van der Waals surface area contributed by atoms with Crippen LogP contribution in [0.25, 0.3) is 0 Å². The Morgan fingerprint density at radius 2 is 2.05 bits per heavy atom. The summed E-state index contributed by atoms with van der Waals surface area (Å²) < 4.78 is 14.1. The topological polar surface area (TPSA) is 23.6 Å². The van der Waals surface area contributed by atoms with Crippen molar-refractivity contribution in [2.45, 2.75) is 6.92 Å². The first kappa shape index (κ1) is 15.0. The predicted octanol–water partition coefficient (Wildman–Crippen LogP) is 2.90. The quantitative estimate of drug-likeness (QED) is 0.798. The predicted molar refractivity (Wildman–Crippen MR) is 80.1 cm³/mol. The van der Waals surface area contributed by atoms with Crippen LogP contribution in [0, 0.1) is 5.82 Å². The number of carbonyl (C=O) groups excluding carboxylic acids is 1. The molecule has 0 bridgehead atoms. The number of piperazine rings is 1. The van der Waals surface area contributed by atoms with Gasteiger partial charge in [-0.15, -0.1) is 0 Å². The first-order valence-electron chi connectivity index (χ1n) is 6.65. The van der Waals surface area contributed by atoms with Crippen molar-refractivity contribution >= 4 is 23.1 Å². The highest BCUT2D eigenvalue weighted by atomic mass is 35.5. The van der Waals surface area contributed by atoms with Crippen molar-refractivity contribution < 1.29 is 9.18 Å². The van der Waals surface area contributed by atoms with Gasteiger partial charge in [0.1, 0.15) is 5.82 Å². The molecule has 0 saturated carbocycles. The van der Waals surface area contributed by atoms with E-state index in [9.17, 15) is 9.18 Å². The number of hydrogen-bond donors (Lipinski definition) is 0. The van der Waals surface area contributed by atoms with Crippen LogP contribution >= 0.6 is 11.6 Å². The van der Waals surface area contributed by atoms with Gasteiger partial charge in [0.25, 0.3) is 0 Å². The van der Waals surface area contributed by atoms with Crippen molar-refractivity contribution in [1.29, 1.82) is 0 Å². The average Bonchev–Trinajstić information content (AvgIpc) is 2.45. The Morgan fingerprint density at radius 1 is 1.35 bits per heavy atom. The molecule has 2 rings (SSSR count). The lowest BCUT2D eigenvalue weighted by molar-refractivity contribution is 0.101. The van der Waals surface area contributed by atoms with Crippen molar-refractivity contribution in [3.05, 3.63) is 41.2 Å². The minimum Gasteiger partial charge on any atom is -0.367 e. The minimum atomic E-state index is -0.327. The number of halogens is 2. The second kappa shape index (κ2) is 6.86. The zero-order chi connectivity index (χ0) is 14.5. The van der Waals surface area contributed by atoms with Gasteiger partial charge in [-0.2, -0.15) is 0 Å². The lowest BCUT2D eigenvalue weighted by atomic mass is 10.1. The van der Waals surface area contributed by atoms with Crippen molar-refractivity contribution in [3.63, 3.8) is 0 Å². The van der Waals surface area contributed by atoms with E-state index in [1.54, 1.807) is 12.1 Å². The molecule has 0 radical (unpaired) electrons. The number of nitrogens with zero attached hydrogens (tertiary/aromatic N) is 2. The Labute approximate surface area is 123 Å². The largest absolute Gasteiger partial charge is 0.367 e. The van der Waals surface area contributed by atoms with Gasteiger partial charge in [0.2, 0.25) is 0 Å². The van der Waals surface area contributed by atoms with Crippen LogP contribution in [0.1, 0.15) is 17.3 Å². The Bertz CT molecular complexity index is 511. The fourth-order valence-corrected chi connectivity index (χ4v) is 2.42. The molecule has 1 heterocycles. The summed E-state index contributed by atoms with van der Waals surface area (Å²) in [6.45, 7) is 5.55. The molecule has 0 aliphatic carbocycles. The Hall–Kier alpha value is -1.39. The molecular formula is C15H18ClFN2O. The number of ketones is 1. The third-order valence-electron chi connectivity index (χ3n) is 3.52. The van der Waals surface area contributed by atoms with Crippen LogP contribution in [0.5, 0.6) is 0 Å². The van der Waals surface area contributed by atoms with Gasteiger partial charge in [-0.25, -0.2) is 4.39 Å². The standard InChI is InChI=1S/C15H18ClFN2O/c1-12(20)13-3-4-15(14(17)11-13)19-9-7-18(8-10-19)6-2-5-16/h2-5,11H,6-10H2,1H3/b5-2+. The van der Waals surface area contributed by atoms with Crippen LogP contribution in [0.4, 0.5) is 10.1 Å². The average molecular weight is 297 g/mol. The third-order valence-corrected chi connectivity index (χ3v) is 3.70. The molecule has 3 nitrogen and oxygen atoms in total. The summed E-state index contributed by atoms with van der Waals surface area (Å²) in [7, 11) is 0. The maximum atomic E-state index is 14.1. The number of carbonyl (C=O) groups is 1. The molecule has 0 spiro atoms. The van der Waals surface area contributed by atoms with Gasteiger partial charge < -0.3 is 4.90 Å². The number of Topliss-reactive ketones (excluding diaryl/α,β-unsaturated/α-hetero) is 1. The van der Waals surface area contributed by atoms with E-state index in [4.69, 9.17) is 11.6 Å². The van der Waals surface area contributed by atoms with Crippen molar-refractivity contribution in [2.75, 3.05) is 37.6 Å². The monoisotopic (exact) mass is 296 g/mol. The smallest absolute Gasteiger partial charge is 0.159 e. The zero-order valence-electron chi connectivity index (χ0n) is 11.5. The summed E-state index contributed by atoms with van der Waals surface area (Å²) in [6.07, 6.45) is 1.90. The fourth-order valence-electron chi connectivity index (χ4n) is 2.34. The molecule has 5 heteroatoms. The van der Waals surface area contributed by atoms with E-state index >= 15 is 0 Å². The lowest BCUT2D eigenvalue weighted by Gasteiger charge is -2.35. The van der Waals surface area contributed by atoms with E-state index < -0.39 is 0 Å². The van der Waals surface area contributed by atoms with Crippen molar-refractivity contribution in [2.24, 2.45) is 0 Å². The fraction of sp³-hybridized carbons (Fsp3) is 0.400. The van der Waals surface area contributed by atoms with Crippen molar-refractivity contribution in [3.8, 4) is 0 Å². The lowest BCUT2D eigenvalue weighted by Crippen LogP contribution is -2.46. The zero-order valence-corrected chi connectivity index (χ0v) is 12.2. The van der Waals surface area contributed by atoms with Crippen LogP contribution in [-0.4, -0.2) is 43.4 Å². The highest BCUT2D eigenvalue weighted by Gasteiger charge is 2.19. The van der Waals surface area contributed by atoms with Gasteiger partial charge >= 0.3 is 0 Å². The molecule has 108 valence electrons. The summed E-state index contributed by atoms with van der Waals surface area (Å²) in [5, 5.41) is 0. The van der Waals surface area contributed by atoms with Crippen molar-refractivity contribution in [1.82, 2.24) is 4.90 Å². The van der Waals surface area contributed by atoms with E-state index in [-0.39, 0.29) is 11.6 Å². The Balaban J connectivity index is 2.02. The molecule has 1 aromatic carbocycles. The summed E-state index contributed by atoms with van der Waals surface area (Å²) in [5.41, 5.74) is 2.51. The van der Waals surface area contributed by atoms with Crippen LogP contribution in [0.3, 0.4) is 0 Å². The highest BCUT2D eigenvalue weighted by Crippen LogP contribution is 2.22. The maximum absolute atomic E-state index is 14.1. The molecule has 0 aromatic heterocycles. The molecule has 1 fully saturated rings. The molecule has 0 amide bonds. The van der Waals surface area contributed by atoms with Gasteiger partial charge in [-0.1, -0.05) is 17.7 Å². The Morgan fingerprint density at radius 3 is 2.60 bits per heavy atom. The molecular weight excluding hydrogens is 279 g/mol. The number of benzene rings is 1. The van der Waals surface area contributed by atoms with E-state index in [1.807, 2.05) is 11.0 Å². The minimum absolute atomic E-state index is 0.117. The second-order valence-corrected chi connectivity index (χ2v) is 5.12. The summed E-state index contributed by atoms with van der Waals surface area (Å²) in [5.74, 6) is -0.445. The van der Waals surface area contributed by atoms with Gasteiger partial charge in [-0.3, -0.25) is 9.69 Å². The van der Waals surface area contributed by atoms with E-state index in [1.165, 1.54) is 18.5 Å². The Kier molecular flexibility index (Phi) is 5.15. The number of rotatable bonds is 4. The second-order valence-electron chi connectivity index (χ2n) is 4.87. The number of hydrogen-bond acceptors (Lipinski definition) is 3. The van der Waals surface area contributed by atoms with E-state index in [2.05, 4.69) is 4.90 Å². The molecule has 1 aromatic rings. The molecule has 0 unspecified atom stereocenters. The highest BCUT2D eigenvalue weighted by molar-refractivity contribution is 6.25. The summed E-state index contributed by atoms with van der Waals surface area (Å²) in [4.78, 5) is 15.5. The van der Waals surface area contributed by atoms with Crippen LogP contribution in [0.2, 0.25) is 0 Å². The molecule has 0 atom stereocenters. The maximum Gasteiger partial charge on any atom is 0.159 e. The van der Waals surface area contributed by atoms with Gasteiger partial charge in [0.15, 0.2) is 5.78 Å². The molecule has 1 aliphatic rings. The summed E-state index contributed by atoms with van der Waals surface area (Å²) in [6, 6.07) is 4.70. The normalized spacial score (nSPS) is 16.9. The van der Waals surface area contributed by atoms with Crippen LogP contribution < -0.4 is 4.90 Å². The summed E-state index contributed by atoms with van der Waals surface area (Å²) >= 11 is 5.51. The molecule has 20 heavy (non-hydrogen) atoms. The number of anilines is 1. The van der Waals surface area contributed by atoms with Crippen LogP contribution in [-0.2, 0) is 0 Å². The SMILES string of the molecule is CC(=O)c1ccc(N2CCN(C/C=C/Cl)CC2)c(F)c1. The first-order valence-corrected chi connectivity index (χ1v) is 7.08. The van der Waals surface area contributed by atoms with Crippen LogP contribution in [0.15, 0.2) is 29.8 Å². The molecule has 0 N–H and O–H groups in total. The van der Waals surface area contributed by atoms with Gasteiger partial charge in [-0.05, 0) is 25.1 Å². The van der Waals surface area contributed by atoms with E-state index in [0.29, 0.717) is 11.3 Å². The first-order chi connectivity index (χ1) is 9.61. The van der Waals surface area contributed by atoms with E-state index in [0.717, 1.165) is 32.7 Å². The third kappa shape index (κ3) is 3.58. The molecule has 1 aliphatic heterocycles. The molecule has 1 saturated heterocycles.